The van der Waals surface area contributed by atoms with E-state index in [1.807, 2.05) is 12.1 Å². The molecule has 3 aromatic rings. The third kappa shape index (κ3) is 4.75. The highest BCUT2D eigenvalue weighted by molar-refractivity contribution is 7.99. The topological polar surface area (TPSA) is 77.1 Å². The predicted octanol–water partition coefficient (Wildman–Crippen LogP) is 4.62. The highest BCUT2D eigenvalue weighted by Gasteiger charge is 2.25. The predicted molar refractivity (Wildman–Crippen MR) is 126 cm³/mol. The van der Waals surface area contributed by atoms with E-state index in [1.54, 1.807) is 22.2 Å². The average molecular weight is 460 g/mol. The molecule has 1 unspecified atom stereocenters. The number of carbonyl (C=O) groups is 1. The number of thioether (sulfide) groups is 1. The Balaban J connectivity index is 1.69. The number of carbonyl (C=O) groups excluding carboxylic acids is 1. The molecule has 3 heterocycles. The van der Waals surface area contributed by atoms with Crippen LogP contribution in [0.5, 0.6) is 0 Å². The van der Waals surface area contributed by atoms with Gasteiger partial charge in [-0.2, -0.15) is 0 Å². The molecule has 3 aromatic heterocycles. The summed E-state index contributed by atoms with van der Waals surface area (Å²) < 4.78 is 7.17. The van der Waals surface area contributed by atoms with Crippen LogP contribution in [-0.4, -0.2) is 27.3 Å². The maximum absolute atomic E-state index is 13.6. The van der Waals surface area contributed by atoms with Crippen molar-refractivity contribution in [1.29, 1.82) is 0 Å². The molecule has 6 nitrogen and oxygen atoms in total. The number of nitrogens with one attached hydrogen (secondary N) is 1. The molecule has 0 radical (unpaired) electrons. The van der Waals surface area contributed by atoms with Crippen LogP contribution in [0.15, 0.2) is 32.8 Å². The summed E-state index contributed by atoms with van der Waals surface area (Å²) in [5, 5.41) is 4.38. The molecule has 1 aliphatic carbocycles. The van der Waals surface area contributed by atoms with Crippen molar-refractivity contribution in [3.05, 3.63) is 45.0 Å². The molecule has 0 saturated carbocycles. The van der Waals surface area contributed by atoms with Gasteiger partial charge in [-0.25, -0.2) is 4.98 Å². The smallest absolute Gasteiger partial charge is 0.263 e. The van der Waals surface area contributed by atoms with Gasteiger partial charge >= 0.3 is 0 Å². The number of rotatable bonds is 8. The largest absolute Gasteiger partial charge is 0.467 e. The fraction of sp³-hybridized carbons (Fsp3) is 0.522. The number of furan rings is 1. The maximum atomic E-state index is 13.6. The summed E-state index contributed by atoms with van der Waals surface area (Å²) in [5.74, 6) is 1.53. The van der Waals surface area contributed by atoms with Gasteiger partial charge in [-0.15, -0.1) is 11.3 Å². The van der Waals surface area contributed by atoms with Crippen LogP contribution < -0.4 is 10.9 Å². The van der Waals surface area contributed by atoms with Gasteiger partial charge in [0.25, 0.3) is 5.56 Å². The zero-order valence-corrected chi connectivity index (χ0v) is 19.9. The Morgan fingerprint density at radius 2 is 2.23 bits per heavy atom. The fourth-order valence-corrected chi connectivity index (χ4v) is 6.34. The van der Waals surface area contributed by atoms with Crippen LogP contribution in [0.4, 0.5) is 0 Å². The third-order valence-corrected chi connectivity index (χ3v) is 8.08. The van der Waals surface area contributed by atoms with Crippen LogP contribution in [0, 0.1) is 5.92 Å². The highest BCUT2D eigenvalue weighted by atomic mass is 32.2. The van der Waals surface area contributed by atoms with E-state index in [4.69, 9.17) is 9.40 Å². The minimum atomic E-state index is -0.0312. The molecule has 0 aromatic carbocycles. The van der Waals surface area contributed by atoms with Crippen molar-refractivity contribution in [2.45, 2.75) is 70.6 Å². The lowest BCUT2D eigenvalue weighted by Crippen LogP contribution is -2.35. The summed E-state index contributed by atoms with van der Waals surface area (Å²) in [6, 6.07) is 3.85. The summed E-state index contributed by atoms with van der Waals surface area (Å²) >= 11 is 2.96. The Kier molecular flexibility index (Phi) is 6.86. The van der Waals surface area contributed by atoms with Gasteiger partial charge in [0, 0.05) is 10.9 Å². The molecule has 1 atom stereocenters. The van der Waals surface area contributed by atoms with Crippen molar-refractivity contribution in [3.8, 4) is 0 Å². The second-order valence-corrected chi connectivity index (χ2v) is 10.3. The molecular formula is C23H29N3O3S2. The lowest BCUT2D eigenvalue weighted by molar-refractivity contribution is -0.119. The fourth-order valence-electron chi connectivity index (χ4n) is 4.10. The summed E-state index contributed by atoms with van der Waals surface area (Å²) in [6.45, 7) is 6.71. The quantitative estimate of drug-likeness (QED) is 0.393. The van der Waals surface area contributed by atoms with Crippen molar-refractivity contribution in [2.75, 3.05) is 5.75 Å². The molecule has 8 heteroatoms. The van der Waals surface area contributed by atoms with Gasteiger partial charge in [-0.05, 0) is 55.7 Å². The second kappa shape index (κ2) is 9.61. The zero-order valence-electron chi connectivity index (χ0n) is 18.3. The Labute approximate surface area is 190 Å². The van der Waals surface area contributed by atoms with Crippen molar-refractivity contribution in [3.63, 3.8) is 0 Å². The first-order chi connectivity index (χ1) is 15.0. The van der Waals surface area contributed by atoms with E-state index in [1.165, 1.54) is 22.2 Å². The van der Waals surface area contributed by atoms with Gasteiger partial charge in [-0.1, -0.05) is 32.5 Å². The molecule has 166 valence electrons. The minimum Gasteiger partial charge on any atom is -0.467 e. The molecule has 4 rings (SSSR count). The van der Waals surface area contributed by atoms with Gasteiger partial charge in [0.2, 0.25) is 5.91 Å². The summed E-state index contributed by atoms with van der Waals surface area (Å²) in [6.07, 6.45) is 6.45. The van der Waals surface area contributed by atoms with Gasteiger partial charge in [0.1, 0.15) is 10.6 Å². The lowest BCUT2D eigenvalue weighted by atomic mass is 9.89. The Hall–Kier alpha value is -2.06. The van der Waals surface area contributed by atoms with Crippen molar-refractivity contribution in [1.82, 2.24) is 14.9 Å². The molecule has 0 fully saturated rings. The number of aromatic nitrogens is 2. The molecule has 0 saturated heterocycles. The van der Waals surface area contributed by atoms with E-state index < -0.39 is 0 Å². The number of fused-ring (bicyclic) bond motifs is 3. The van der Waals surface area contributed by atoms with Crippen LogP contribution in [0.3, 0.4) is 0 Å². The van der Waals surface area contributed by atoms with Crippen LogP contribution in [0.2, 0.25) is 0 Å². The molecule has 1 aliphatic rings. The van der Waals surface area contributed by atoms with E-state index in [-0.39, 0.29) is 23.3 Å². The molecular weight excluding hydrogens is 430 g/mol. The number of thiophene rings is 1. The number of hydrogen-bond acceptors (Lipinski definition) is 6. The van der Waals surface area contributed by atoms with Crippen LogP contribution in [0.1, 0.15) is 56.2 Å². The number of nitrogens with zero attached hydrogens (tertiary/aromatic N) is 2. The molecule has 1 amide bonds. The Bertz CT molecular complexity index is 1110. The summed E-state index contributed by atoms with van der Waals surface area (Å²) in [5.41, 5.74) is 1.14. The SMILES string of the molecule is CCC(CC)NC(=O)CSc1nc2sc3c(c2c(=O)n1Cc1ccco1)CCC(C)C3. The molecule has 0 aliphatic heterocycles. The maximum Gasteiger partial charge on any atom is 0.263 e. The minimum absolute atomic E-state index is 0.0307. The molecule has 0 bridgehead atoms. The normalized spacial score (nSPS) is 16.1. The highest BCUT2D eigenvalue weighted by Crippen LogP contribution is 2.36. The Morgan fingerprint density at radius 1 is 1.42 bits per heavy atom. The van der Waals surface area contributed by atoms with E-state index in [0.717, 1.165) is 42.3 Å². The molecule has 0 spiro atoms. The van der Waals surface area contributed by atoms with Gasteiger partial charge in [0.05, 0.1) is 23.9 Å². The van der Waals surface area contributed by atoms with Crippen LogP contribution in [-0.2, 0) is 24.2 Å². The summed E-state index contributed by atoms with van der Waals surface area (Å²) in [4.78, 5) is 33.0. The van der Waals surface area contributed by atoms with Crippen LogP contribution in [0.25, 0.3) is 10.2 Å². The molecule has 1 N–H and O–H groups in total. The van der Waals surface area contributed by atoms with Crippen molar-refractivity contribution >= 4 is 39.2 Å². The van der Waals surface area contributed by atoms with Crippen molar-refractivity contribution < 1.29 is 9.21 Å². The van der Waals surface area contributed by atoms with E-state index in [0.29, 0.717) is 23.4 Å². The van der Waals surface area contributed by atoms with Crippen molar-refractivity contribution in [2.24, 2.45) is 5.92 Å². The number of aryl methyl sites for hydroxylation is 1. The zero-order chi connectivity index (χ0) is 22.0. The third-order valence-electron chi connectivity index (χ3n) is 5.96. The molecule has 31 heavy (non-hydrogen) atoms. The second-order valence-electron chi connectivity index (χ2n) is 8.27. The number of amides is 1. The van der Waals surface area contributed by atoms with Gasteiger partial charge in [-0.3, -0.25) is 14.2 Å². The monoisotopic (exact) mass is 459 g/mol. The van der Waals surface area contributed by atoms with Gasteiger partial charge in [0.15, 0.2) is 5.16 Å². The van der Waals surface area contributed by atoms with E-state index >= 15 is 0 Å². The first-order valence-corrected chi connectivity index (χ1v) is 12.8. The van der Waals surface area contributed by atoms with Crippen LogP contribution >= 0.6 is 23.1 Å². The summed E-state index contributed by atoms with van der Waals surface area (Å²) in [7, 11) is 0. The number of hydrogen-bond donors (Lipinski definition) is 1. The van der Waals surface area contributed by atoms with E-state index in [2.05, 4.69) is 26.1 Å². The first kappa shape index (κ1) is 22.1. The van der Waals surface area contributed by atoms with E-state index in [9.17, 15) is 9.59 Å². The lowest BCUT2D eigenvalue weighted by Gasteiger charge is -2.18. The standard InChI is InChI=1S/C23H29N3O3S2/c1-4-15(5-2)24-19(27)13-30-23-25-21-20(17-9-8-14(3)11-18(17)31-21)22(28)26(23)12-16-7-6-10-29-16/h6-7,10,14-15H,4-5,8-9,11-13H2,1-3H3,(H,24,27). The van der Waals surface area contributed by atoms with Gasteiger partial charge < -0.3 is 9.73 Å². The Morgan fingerprint density at radius 3 is 2.94 bits per heavy atom. The average Bonchev–Trinajstić information content (AvgIpc) is 3.39. The first-order valence-electron chi connectivity index (χ1n) is 11.0.